The van der Waals surface area contributed by atoms with Crippen LogP contribution < -0.4 is 29.7 Å². The van der Waals surface area contributed by atoms with E-state index in [9.17, 15) is 0 Å². The molecule has 1 saturated carbocycles. The summed E-state index contributed by atoms with van der Waals surface area (Å²) in [4.78, 5) is 10.9. The maximum absolute atomic E-state index is 5.44. The Hall–Kier alpha value is -2.74. The smallest absolute Gasteiger partial charge is 0.224 e. The highest BCUT2D eigenvalue weighted by atomic mass is 16.5. The number of aromatic nitrogens is 2. The maximum Gasteiger partial charge on any atom is 0.224 e. The predicted octanol–water partition coefficient (Wildman–Crippen LogP) is 3.33. The minimum Gasteiger partial charge on any atom is -0.493 e. The summed E-state index contributed by atoms with van der Waals surface area (Å²) in [5.74, 6) is 4.31. The highest BCUT2D eigenvalue weighted by Gasteiger charge is 2.22. The molecule has 8 nitrogen and oxygen atoms in total. The second kappa shape index (κ2) is 11.0. The van der Waals surface area contributed by atoms with Crippen molar-refractivity contribution >= 4 is 11.8 Å². The number of nitrogens with one attached hydrogen (secondary N) is 2. The fourth-order valence-corrected chi connectivity index (χ4v) is 4.02. The lowest BCUT2D eigenvalue weighted by Crippen LogP contribution is -2.31. The van der Waals surface area contributed by atoms with E-state index in [0.29, 0.717) is 29.2 Å². The molecule has 0 unspecified atom stereocenters. The van der Waals surface area contributed by atoms with Gasteiger partial charge in [-0.15, -0.1) is 0 Å². The van der Waals surface area contributed by atoms with Crippen molar-refractivity contribution in [3.63, 3.8) is 0 Å². The van der Waals surface area contributed by atoms with E-state index in [2.05, 4.69) is 20.6 Å². The third kappa shape index (κ3) is 6.13. The summed E-state index contributed by atoms with van der Waals surface area (Å²) in [5.41, 5.74) is 1.11. The van der Waals surface area contributed by atoms with Gasteiger partial charge in [0.2, 0.25) is 11.7 Å². The summed E-state index contributed by atoms with van der Waals surface area (Å²) in [7, 11) is 8.88. The first-order valence-corrected chi connectivity index (χ1v) is 10.8. The maximum atomic E-state index is 5.44. The van der Waals surface area contributed by atoms with E-state index in [1.165, 1.54) is 12.8 Å². The standard InChI is InChI=1S/C23H35N5O3/c1-28(2)21-10-11-25-23(27-21)26-18-8-6-16(7-9-18)14-24-15-17-12-19(29-3)22(31-5)20(13-17)30-4/h10-13,16,18,24H,6-9,14-15H2,1-5H3,(H,25,26,27)/t16-,18+. The molecule has 0 bridgehead atoms. The molecular formula is C23H35N5O3. The summed E-state index contributed by atoms with van der Waals surface area (Å²) in [6.07, 6.45) is 6.45. The number of nitrogens with zero attached hydrogens (tertiary/aromatic N) is 3. The second-order valence-electron chi connectivity index (χ2n) is 8.16. The van der Waals surface area contributed by atoms with Gasteiger partial charge < -0.3 is 29.7 Å². The van der Waals surface area contributed by atoms with Gasteiger partial charge in [-0.05, 0) is 61.9 Å². The number of anilines is 2. The predicted molar refractivity (Wildman–Crippen MR) is 124 cm³/mol. The van der Waals surface area contributed by atoms with Gasteiger partial charge in [0.15, 0.2) is 11.5 Å². The topological polar surface area (TPSA) is 80.8 Å². The highest BCUT2D eigenvalue weighted by molar-refractivity contribution is 5.53. The van der Waals surface area contributed by atoms with Gasteiger partial charge in [0.25, 0.3) is 0 Å². The van der Waals surface area contributed by atoms with Crippen molar-refractivity contribution in [2.75, 3.05) is 52.2 Å². The molecule has 1 aromatic carbocycles. The fraction of sp³-hybridized carbons (Fsp3) is 0.565. The molecule has 0 radical (unpaired) electrons. The second-order valence-corrected chi connectivity index (χ2v) is 8.16. The first kappa shape index (κ1) is 22.9. The first-order valence-electron chi connectivity index (χ1n) is 10.8. The van der Waals surface area contributed by atoms with E-state index < -0.39 is 0 Å². The van der Waals surface area contributed by atoms with Gasteiger partial charge in [0, 0.05) is 32.9 Å². The molecule has 1 heterocycles. The third-order valence-electron chi connectivity index (χ3n) is 5.77. The highest BCUT2D eigenvalue weighted by Crippen LogP contribution is 2.38. The fourth-order valence-electron chi connectivity index (χ4n) is 4.02. The first-order chi connectivity index (χ1) is 15.0. The molecule has 0 atom stereocenters. The van der Waals surface area contributed by atoms with Gasteiger partial charge >= 0.3 is 0 Å². The van der Waals surface area contributed by atoms with Crippen molar-refractivity contribution < 1.29 is 14.2 Å². The van der Waals surface area contributed by atoms with Crippen molar-refractivity contribution in [1.29, 1.82) is 0 Å². The summed E-state index contributed by atoms with van der Waals surface area (Å²) < 4.78 is 16.3. The quantitative estimate of drug-likeness (QED) is 0.595. The minimum absolute atomic E-state index is 0.434. The van der Waals surface area contributed by atoms with Crippen LogP contribution in [0.1, 0.15) is 31.2 Å². The van der Waals surface area contributed by atoms with E-state index in [1.807, 2.05) is 43.4 Å². The van der Waals surface area contributed by atoms with Crippen LogP contribution >= 0.6 is 0 Å². The molecule has 1 fully saturated rings. The number of rotatable bonds is 10. The van der Waals surface area contributed by atoms with E-state index in [-0.39, 0.29) is 0 Å². The lowest BCUT2D eigenvalue weighted by molar-refractivity contribution is 0.319. The number of benzene rings is 1. The van der Waals surface area contributed by atoms with E-state index in [4.69, 9.17) is 14.2 Å². The number of hydrogen-bond acceptors (Lipinski definition) is 8. The van der Waals surface area contributed by atoms with Crippen LogP contribution in [0.4, 0.5) is 11.8 Å². The summed E-state index contributed by atoms with van der Waals surface area (Å²) in [5, 5.41) is 7.10. The Balaban J connectivity index is 1.45. The average molecular weight is 430 g/mol. The molecule has 0 amide bonds. The van der Waals surface area contributed by atoms with Crippen LogP contribution in [0, 0.1) is 5.92 Å². The molecule has 8 heteroatoms. The monoisotopic (exact) mass is 429 g/mol. The van der Waals surface area contributed by atoms with Crippen molar-refractivity contribution in [1.82, 2.24) is 15.3 Å². The van der Waals surface area contributed by atoms with Crippen LogP contribution in [0.15, 0.2) is 24.4 Å². The molecule has 2 N–H and O–H groups in total. The SMILES string of the molecule is COc1cc(CNC[C@H]2CC[C@@H](Nc3nccc(N(C)C)n3)CC2)cc(OC)c1OC. The van der Waals surface area contributed by atoms with Crippen LogP contribution in [-0.4, -0.2) is 58.0 Å². The number of methoxy groups -OCH3 is 3. The molecule has 3 rings (SSSR count). The normalized spacial score (nSPS) is 18.4. The molecule has 0 saturated heterocycles. The Morgan fingerprint density at radius 3 is 2.26 bits per heavy atom. The van der Waals surface area contributed by atoms with Crippen molar-refractivity contribution in [2.24, 2.45) is 5.92 Å². The Morgan fingerprint density at radius 2 is 1.68 bits per heavy atom. The average Bonchev–Trinajstić information content (AvgIpc) is 2.79. The molecule has 31 heavy (non-hydrogen) atoms. The Labute approximate surface area is 185 Å². The van der Waals surface area contributed by atoms with E-state index >= 15 is 0 Å². The molecule has 2 aromatic rings. The van der Waals surface area contributed by atoms with Crippen molar-refractivity contribution in [3.05, 3.63) is 30.0 Å². The Morgan fingerprint density at radius 1 is 1.00 bits per heavy atom. The van der Waals surface area contributed by atoms with Gasteiger partial charge in [0.05, 0.1) is 21.3 Å². The summed E-state index contributed by atoms with van der Waals surface area (Å²) in [6, 6.07) is 6.35. The zero-order valence-corrected chi connectivity index (χ0v) is 19.3. The zero-order valence-electron chi connectivity index (χ0n) is 19.3. The van der Waals surface area contributed by atoms with Gasteiger partial charge in [-0.2, -0.15) is 4.98 Å². The van der Waals surface area contributed by atoms with Gasteiger partial charge in [0.1, 0.15) is 5.82 Å². The molecule has 0 spiro atoms. The molecule has 1 aliphatic carbocycles. The van der Waals surface area contributed by atoms with Crippen LogP contribution in [-0.2, 0) is 6.54 Å². The number of ether oxygens (including phenoxy) is 3. The van der Waals surface area contributed by atoms with Crippen molar-refractivity contribution in [2.45, 2.75) is 38.3 Å². The largest absolute Gasteiger partial charge is 0.493 e. The molecule has 1 aliphatic rings. The molecule has 1 aromatic heterocycles. The van der Waals surface area contributed by atoms with Gasteiger partial charge in [-0.25, -0.2) is 4.98 Å². The van der Waals surface area contributed by atoms with Gasteiger partial charge in [-0.1, -0.05) is 0 Å². The van der Waals surface area contributed by atoms with Crippen molar-refractivity contribution in [3.8, 4) is 17.2 Å². The lowest BCUT2D eigenvalue weighted by Gasteiger charge is -2.29. The van der Waals surface area contributed by atoms with Crippen LogP contribution in [0.2, 0.25) is 0 Å². The van der Waals surface area contributed by atoms with Crippen LogP contribution in [0.5, 0.6) is 17.2 Å². The summed E-state index contributed by atoms with van der Waals surface area (Å²) in [6.45, 7) is 1.76. The third-order valence-corrected chi connectivity index (χ3v) is 5.77. The lowest BCUT2D eigenvalue weighted by atomic mass is 9.86. The van der Waals surface area contributed by atoms with E-state index in [1.54, 1.807) is 21.3 Å². The molecular weight excluding hydrogens is 394 g/mol. The van der Waals surface area contributed by atoms with Crippen LogP contribution in [0.3, 0.4) is 0 Å². The number of hydrogen-bond donors (Lipinski definition) is 2. The Kier molecular flexibility index (Phi) is 8.17. The minimum atomic E-state index is 0.434. The van der Waals surface area contributed by atoms with Gasteiger partial charge in [-0.3, -0.25) is 0 Å². The Bertz CT molecular complexity index is 813. The molecule has 0 aliphatic heterocycles. The van der Waals surface area contributed by atoms with E-state index in [0.717, 1.165) is 43.3 Å². The summed E-state index contributed by atoms with van der Waals surface area (Å²) >= 11 is 0. The van der Waals surface area contributed by atoms with Crippen LogP contribution in [0.25, 0.3) is 0 Å². The zero-order chi connectivity index (χ0) is 22.2. The molecule has 170 valence electrons.